The van der Waals surface area contributed by atoms with E-state index >= 15 is 0 Å². The van der Waals surface area contributed by atoms with Crippen LogP contribution in [0.4, 0.5) is 5.82 Å². The molecule has 1 atom stereocenters. The Morgan fingerprint density at radius 1 is 1.32 bits per heavy atom. The Labute approximate surface area is 133 Å². The van der Waals surface area contributed by atoms with Gasteiger partial charge in [0.15, 0.2) is 0 Å². The Hall–Kier alpha value is -1.62. The van der Waals surface area contributed by atoms with Crippen LogP contribution in [0.1, 0.15) is 44.0 Å². The van der Waals surface area contributed by atoms with Crippen molar-refractivity contribution in [1.82, 2.24) is 10.3 Å². The maximum atomic E-state index is 12.6. The molecule has 0 bridgehead atoms. The van der Waals surface area contributed by atoms with Gasteiger partial charge in [-0.1, -0.05) is 13.8 Å². The molecule has 1 aromatic rings. The molecule has 1 aliphatic rings. The SMILES string of the molecule is CC(C)CCC(C)NC(=O)c1cccnc1N1CCOCC1. The summed E-state index contributed by atoms with van der Waals surface area (Å²) in [6, 6.07) is 3.84. The number of morpholine rings is 1. The highest BCUT2D eigenvalue weighted by Gasteiger charge is 2.20. The molecule has 0 saturated carbocycles. The van der Waals surface area contributed by atoms with Crippen LogP contribution in [0, 0.1) is 5.92 Å². The van der Waals surface area contributed by atoms with Gasteiger partial charge >= 0.3 is 0 Å². The molecule has 0 radical (unpaired) electrons. The molecule has 1 saturated heterocycles. The third kappa shape index (κ3) is 4.70. The zero-order valence-corrected chi connectivity index (χ0v) is 13.8. The summed E-state index contributed by atoms with van der Waals surface area (Å²) in [6.07, 6.45) is 3.85. The van der Waals surface area contributed by atoms with Crippen molar-refractivity contribution < 1.29 is 9.53 Å². The molecule has 5 nitrogen and oxygen atoms in total. The third-order valence-electron chi connectivity index (χ3n) is 3.90. The summed E-state index contributed by atoms with van der Waals surface area (Å²) < 4.78 is 5.37. The molecule has 5 heteroatoms. The Kier molecular flexibility index (Phi) is 6.19. The second-order valence-corrected chi connectivity index (χ2v) is 6.32. The Balaban J connectivity index is 2.02. The molecule has 0 aliphatic carbocycles. The van der Waals surface area contributed by atoms with Crippen molar-refractivity contribution in [2.75, 3.05) is 31.2 Å². The molecule has 22 heavy (non-hydrogen) atoms. The number of aromatic nitrogens is 1. The van der Waals surface area contributed by atoms with Crippen LogP contribution in [0.2, 0.25) is 0 Å². The minimum Gasteiger partial charge on any atom is -0.378 e. The monoisotopic (exact) mass is 305 g/mol. The number of carbonyl (C=O) groups is 1. The Bertz CT molecular complexity index is 485. The van der Waals surface area contributed by atoms with Gasteiger partial charge in [0.25, 0.3) is 5.91 Å². The minimum atomic E-state index is -0.0363. The van der Waals surface area contributed by atoms with Crippen molar-refractivity contribution in [2.45, 2.75) is 39.7 Å². The van der Waals surface area contributed by atoms with Crippen molar-refractivity contribution in [3.05, 3.63) is 23.9 Å². The van der Waals surface area contributed by atoms with E-state index in [0.717, 1.165) is 31.7 Å². The fraction of sp³-hybridized carbons (Fsp3) is 0.647. The van der Waals surface area contributed by atoms with Crippen LogP contribution in [-0.2, 0) is 4.74 Å². The summed E-state index contributed by atoms with van der Waals surface area (Å²) in [6.45, 7) is 9.38. The highest BCUT2D eigenvalue weighted by molar-refractivity contribution is 5.99. The number of nitrogens with one attached hydrogen (secondary N) is 1. The molecule has 1 fully saturated rings. The van der Waals surface area contributed by atoms with Crippen LogP contribution < -0.4 is 10.2 Å². The van der Waals surface area contributed by atoms with Crippen LogP contribution in [0.3, 0.4) is 0 Å². The summed E-state index contributed by atoms with van der Waals surface area (Å²) in [5.74, 6) is 1.38. The van der Waals surface area contributed by atoms with Crippen molar-refractivity contribution in [3.63, 3.8) is 0 Å². The molecular weight excluding hydrogens is 278 g/mol. The zero-order chi connectivity index (χ0) is 15.9. The lowest BCUT2D eigenvalue weighted by Crippen LogP contribution is -2.39. The second-order valence-electron chi connectivity index (χ2n) is 6.32. The molecule has 1 aliphatic heterocycles. The third-order valence-corrected chi connectivity index (χ3v) is 3.90. The lowest BCUT2D eigenvalue weighted by molar-refractivity contribution is 0.0935. The van der Waals surface area contributed by atoms with E-state index in [1.807, 2.05) is 12.1 Å². The quantitative estimate of drug-likeness (QED) is 0.877. The van der Waals surface area contributed by atoms with E-state index in [9.17, 15) is 4.79 Å². The van der Waals surface area contributed by atoms with Gasteiger partial charge in [-0.2, -0.15) is 0 Å². The average molecular weight is 305 g/mol. The Morgan fingerprint density at radius 2 is 2.05 bits per heavy atom. The number of rotatable bonds is 6. The fourth-order valence-electron chi connectivity index (χ4n) is 2.56. The van der Waals surface area contributed by atoms with Crippen LogP contribution in [0.15, 0.2) is 18.3 Å². The van der Waals surface area contributed by atoms with Crippen molar-refractivity contribution in [1.29, 1.82) is 0 Å². The van der Waals surface area contributed by atoms with Crippen LogP contribution in [0.5, 0.6) is 0 Å². The molecule has 2 heterocycles. The minimum absolute atomic E-state index is 0.0363. The molecule has 1 amide bonds. The van der Waals surface area contributed by atoms with Gasteiger partial charge in [0.2, 0.25) is 0 Å². The van der Waals surface area contributed by atoms with Crippen molar-refractivity contribution >= 4 is 11.7 Å². The summed E-state index contributed by atoms with van der Waals surface area (Å²) in [7, 11) is 0. The normalized spacial score (nSPS) is 16.6. The molecule has 1 unspecified atom stereocenters. The van der Waals surface area contributed by atoms with Gasteiger partial charge in [0.05, 0.1) is 18.8 Å². The topological polar surface area (TPSA) is 54.5 Å². The van der Waals surface area contributed by atoms with E-state index in [2.05, 4.69) is 36.0 Å². The lowest BCUT2D eigenvalue weighted by atomic mass is 10.0. The van der Waals surface area contributed by atoms with Crippen LogP contribution in [0.25, 0.3) is 0 Å². The smallest absolute Gasteiger partial charge is 0.255 e. The maximum absolute atomic E-state index is 12.6. The van der Waals surface area contributed by atoms with Crippen molar-refractivity contribution in [3.8, 4) is 0 Å². The molecule has 1 aromatic heterocycles. The van der Waals surface area contributed by atoms with E-state index in [-0.39, 0.29) is 11.9 Å². The Morgan fingerprint density at radius 3 is 2.73 bits per heavy atom. The number of nitrogens with zero attached hydrogens (tertiary/aromatic N) is 2. The number of amides is 1. The highest BCUT2D eigenvalue weighted by Crippen LogP contribution is 2.19. The number of pyridine rings is 1. The van der Waals surface area contributed by atoms with Crippen LogP contribution in [-0.4, -0.2) is 43.2 Å². The number of anilines is 1. The average Bonchev–Trinajstić information content (AvgIpc) is 2.53. The molecule has 0 spiro atoms. The van der Waals surface area contributed by atoms with E-state index in [1.165, 1.54) is 0 Å². The maximum Gasteiger partial charge on any atom is 0.255 e. The van der Waals surface area contributed by atoms with Gasteiger partial charge < -0.3 is 15.0 Å². The highest BCUT2D eigenvalue weighted by atomic mass is 16.5. The van der Waals surface area contributed by atoms with Crippen LogP contribution >= 0.6 is 0 Å². The first-order valence-corrected chi connectivity index (χ1v) is 8.16. The lowest BCUT2D eigenvalue weighted by Gasteiger charge is -2.29. The van der Waals surface area contributed by atoms with E-state index in [1.54, 1.807) is 6.20 Å². The zero-order valence-electron chi connectivity index (χ0n) is 13.8. The number of hydrogen-bond acceptors (Lipinski definition) is 4. The van der Waals surface area contributed by atoms with Gasteiger partial charge in [-0.25, -0.2) is 4.98 Å². The molecular formula is C17H27N3O2. The first kappa shape index (κ1) is 16.7. The number of ether oxygens (including phenoxy) is 1. The predicted molar refractivity (Wildman–Crippen MR) is 88.3 cm³/mol. The first-order valence-electron chi connectivity index (χ1n) is 8.16. The van der Waals surface area contributed by atoms with Gasteiger partial charge in [-0.15, -0.1) is 0 Å². The van der Waals surface area contributed by atoms with Gasteiger partial charge in [0.1, 0.15) is 5.82 Å². The summed E-state index contributed by atoms with van der Waals surface area (Å²) in [5, 5.41) is 3.09. The molecule has 1 N–H and O–H groups in total. The fourth-order valence-corrected chi connectivity index (χ4v) is 2.56. The van der Waals surface area contributed by atoms with Gasteiger partial charge in [-0.05, 0) is 37.8 Å². The molecule has 0 aromatic carbocycles. The van der Waals surface area contributed by atoms with E-state index < -0.39 is 0 Å². The number of hydrogen-bond donors (Lipinski definition) is 1. The molecule has 2 rings (SSSR count). The summed E-state index contributed by atoms with van der Waals surface area (Å²) in [4.78, 5) is 19.1. The van der Waals surface area contributed by atoms with E-state index in [4.69, 9.17) is 4.74 Å². The largest absolute Gasteiger partial charge is 0.378 e. The summed E-state index contributed by atoms with van der Waals surface area (Å²) in [5.41, 5.74) is 0.654. The summed E-state index contributed by atoms with van der Waals surface area (Å²) >= 11 is 0. The van der Waals surface area contributed by atoms with Crippen molar-refractivity contribution in [2.24, 2.45) is 5.92 Å². The van der Waals surface area contributed by atoms with Gasteiger partial charge in [0, 0.05) is 25.3 Å². The first-order chi connectivity index (χ1) is 10.6. The molecule has 122 valence electrons. The van der Waals surface area contributed by atoms with Gasteiger partial charge in [-0.3, -0.25) is 4.79 Å². The number of carbonyl (C=O) groups excluding carboxylic acids is 1. The van der Waals surface area contributed by atoms with E-state index in [0.29, 0.717) is 24.7 Å². The standard InChI is InChI=1S/C17H27N3O2/c1-13(2)6-7-14(3)19-17(21)15-5-4-8-18-16(15)20-9-11-22-12-10-20/h4-5,8,13-14H,6-7,9-12H2,1-3H3,(H,19,21). The second kappa shape index (κ2) is 8.13. The predicted octanol–water partition coefficient (Wildman–Crippen LogP) is 2.47.